The molecule has 1 aliphatic carbocycles. The smallest absolute Gasteiger partial charge is 0.0186 e. The van der Waals surface area contributed by atoms with Crippen molar-refractivity contribution < 1.29 is 0 Å². The predicted molar refractivity (Wildman–Crippen MR) is 60.3 cm³/mol. The van der Waals surface area contributed by atoms with Crippen molar-refractivity contribution in [1.29, 1.82) is 0 Å². The Balaban J connectivity index is 1.82. The van der Waals surface area contributed by atoms with E-state index in [2.05, 4.69) is 17.1 Å². The van der Waals surface area contributed by atoms with Gasteiger partial charge in [0.2, 0.25) is 0 Å². The van der Waals surface area contributed by atoms with E-state index in [1.807, 2.05) is 0 Å². The molecule has 1 saturated carbocycles. The van der Waals surface area contributed by atoms with Gasteiger partial charge in [-0.1, -0.05) is 19.3 Å². The summed E-state index contributed by atoms with van der Waals surface area (Å²) >= 11 is 2.15. The molecule has 0 bridgehead atoms. The summed E-state index contributed by atoms with van der Waals surface area (Å²) in [4.78, 5) is 0. The second-order valence-electron chi connectivity index (χ2n) is 4.39. The first kappa shape index (κ1) is 9.85. The van der Waals surface area contributed by atoms with Crippen molar-refractivity contribution in [2.45, 2.75) is 44.6 Å². The second-order valence-corrected chi connectivity index (χ2v) is 5.54. The van der Waals surface area contributed by atoms with E-state index in [0.29, 0.717) is 0 Å². The third kappa shape index (κ3) is 2.88. The maximum Gasteiger partial charge on any atom is 0.0186 e. The number of thioether (sulfide) groups is 1. The maximum atomic E-state index is 3.73. The zero-order valence-electron chi connectivity index (χ0n) is 8.43. The molecule has 1 nitrogen and oxygen atoms in total. The molecule has 0 aromatic carbocycles. The highest BCUT2D eigenvalue weighted by atomic mass is 32.2. The summed E-state index contributed by atoms with van der Waals surface area (Å²) in [6.07, 6.45) is 8.78. The molecular weight excluding hydrogens is 178 g/mol. The highest BCUT2D eigenvalue weighted by Crippen LogP contribution is 2.28. The third-order valence-electron chi connectivity index (χ3n) is 3.39. The maximum absolute atomic E-state index is 3.73. The fourth-order valence-corrected chi connectivity index (χ4v) is 3.73. The molecule has 1 N–H and O–H groups in total. The fraction of sp³-hybridized carbons (Fsp3) is 1.00. The van der Waals surface area contributed by atoms with Crippen molar-refractivity contribution in [2.24, 2.45) is 5.92 Å². The number of rotatable bonds is 1. The van der Waals surface area contributed by atoms with E-state index in [1.165, 1.54) is 56.6 Å². The molecule has 1 saturated heterocycles. The lowest BCUT2D eigenvalue weighted by Gasteiger charge is -2.29. The van der Waals surface area contributed by atoms with Gasteiger partial charge in [0, 0.05) is 11.8 Å². The quantitative estimate of drug-likeness (QED) is 0.697. The minimum absolute atomic E-state index is 0.841. The molecule has 0 amide bonds. The molecule has 1 heterocycles. The first-order valence-corrected chi connectivity index (χ1v) is 6.93. The van der Waals surface area contributed by atoms with Crippen LogP contribution in [0.2, 0.25) is 0 Å². The van der Waals surface area contributed by atoms with E-state index < -0.39 is 0 Å². The average Bonchev–Trinajstić information content (AvgIpc) is 2.47. The number of nitrogens with one attached hydrogen (secondary N) is 1. The van der Waals surface area contributed by atoms with Crippen LogP contribution in [0, 0.1) is 5.92 Å². The van der Waals surface area contributed by atoms with Crippen LogP contribution in [-0.2, 0) is 0 Å². The Labute approximate surface area is 86.0 Å². The molecule has 1 atom stereocenters. The normalized spacial score (nSPS) is 32.8. The average molecular weight is 199 g/mol. The summed E-state index contributed by atoms with van der Waals surface area (Å²) in [6.45, 7) is 1.26. The largest absolute Gasteiger partial charge is 0.313 e. The van der Waals surface area contributed by atoms with Crippen LogP contribution in [0.15, 0.2) is 0 Å². The third-order valence-corrected chi connectivity index (χ3v) is 4.56. The Morgan fingerprint density at radius 1 is 1.00 bits per heavy atom. The van der Waals surface area contributed by atoms with E-state index >= 15 is 0 Å². The van der Waals surface area contributed by atoms with Crippen molar-refractivity contribution in [2.75, 3.05) is 18.1 Å². The minimum Gasteiger partial charge on any atom is -0.313 e. The summed E-state index contributed by atoms with van der Waals surface area (Å²) in [5.74, 6) is 3.74. The van der Waals surface area contributed by atoms with Gasteiger partial charge in [-0.05, 0) is 37.5 Å². The fourth-order valence-electron chi connectivity index (χ4n) is 2.57. The summed E-state index contributed by atoms with van der Waals surface area (Å²) in [7, 11) is 0. The molecule has 0 spiro atoms. The zero-order chi connectivity index (χ0) is 8.93. The van der Waals surface area contributed by atoms with Gasteiger partial charge in [0.25, 0.3) is 0 Å². The van der Waals surface area contributed by atoms with Gasteiger partial charge in [0.05, 0.1) is 0 Å². The van der Waals surface area contributed by atoms with Gasteiger partial charge in [-0.25, -0.2) is 0 Å². The molecule has 1 aliphatic heterocycles. The second kappa shape index (κ2) is 5.26. The highest BCUT2D eigenvalue weighted by Gasteiger charge is 2.23. The van der Waals surface area contributed by atoms with Crippen LogP contribution < -0.4 is 5.32 Å². The van der Waals surface area contributed by atoms with Crippen LogP contribution >= 0.6 is 11.8 Å². The Morgan fingerprint density at radius 3 is 2.69 bits per heavy atom. The van der Waals surface area contributed by atoms with Crippen LogP contribution in [0.1, 0.15) is 38.5 Å². The lowest BCUT2D eigenvalue weighted by atomic mass is 9.84. The summed E-state index contributed by atoms with van der Waals surface area (Å²) < 4.78 is 0. The van der Waals surface area contributed by atoms with Gasteiger partial charge in [-0.15, -0.1) is 0 Å². The van der Waals surface area contributed by atoms with Gasteiger partial charge in [-0.3, -0.25) is 0 Å². The molecule has 0 aromatic rings. The lowest BCUT2D eigenvalue weighted by molar-refractivity contribution is 0.287. The Bertz CT molecular complexity index is 135. The standard InChI is InChI=1S/C11H21NS/c1-2-5-10(6-3-1)11-9-13-8-4-7-12-11/h10-12H,1-9H2. The Hall–Kier alpha value is 0.310. The Morgan fingerprint density at radius 2 is 1.85 bits per heavy atom. The van der Waals surface area contributed by atoms with Crippen molar-refractivity contribution in [3.8, 4) is 0 Å². The molecule has 1 unspecified atom stereocenters. The molecule has 0 aromatic heterocycles. The SMILES string of the molecule is C1CCC(C2CSCCCN2)CC1. The van der Waals surface area contributed by atoms with Gasteiger partial charge in [0.15, 0.2) is 0 Å². The molecular formula is C11H21NS. The van der Waals surface area contributed by atoms with Crippen LogP contribution in [0.5, 0.6) is 0 Å². The van der Waals surface area contributed by atoms with Crippen LogP contribution in [0.3, 0.4) is 0 Å². The first-order valence-electron chi connectivity index (χ1n) is 5.78. The highest BCUT2D eigenvalue weighted by molar-refractivity contribution is 7.99. The zero-order valence-corrected chi connectivity index (χ0v) is 9.24. The molecule has 2 heteroatoms. The van der Waals surface area contributed by atoms with Crippen LogP contribution in [0.4, 0.5) is 0 Å². The van der Waals surface area contributed by atoms with E-state index in [4.69, 9.17) is 0 Å². The van der Waals surface area contributed by atoms with Gasteiger partial charge >= 0.3 is 0 Å². The molecule has 76 valence electrons. The molecule has 2 aliphatic rings. The first-order chi connectivity index (χ1) is 6.47. The van der Waals surface area contributed by atoms with Gasteiger partial charge in [-0.2, -0.15) is 11.8 Å². The monoisotopic (exact) mass is 199 g/mol. The predicted octanol–water partition coefficient (Wildman–Crippen LogP) is 2.66. The molecule has 0 radical (unpaired) electrons. The molecule has 2 fully saturated rings. The number of hydrogen-bond donors (Lipinski definition) is 1. The topological polar surface area (TPSA) is 12.0 Å². The van der Waals surface area contributed by atoms with Crippen molar-refractivity contribution in [1.82, 2.24) is 5.32 Å². The van der Waals surface area contributed by atoms with Crippen LogP contribution in [-0.4, -0.2) is 24.1 Å². The van der Waals surface area contributed by atoms with Gasteiger partial charge in [0.1, 0.15) is 0 Å². The van der Waals surface area contributed by atoms with E-state index in [9.17, 15) is 0 Å². The van der Waals surface area contributed by atoms with Gasteiger partial charge < -0.3 is 5.32 Å². The van der Waals surface area contributed by atoms with Crippen molar-refractivity contribution in [3.63, 3.8) is 0 Å². The molecule has 13 heavy (non-hydrogen) atoms. The van der Waals surface area contributed by atoms with Crippen molar-refractivity contribution in [3.05, 3.63) is 0 Å². The summed E-state index contributed by atoms with van der Waals surface area (Å²) in [5, 5.41) is 3.73. The van der Waals surface area contributed by atoms with Crippen LogP contribution in [0.25, 0.3) is 0 Å². The van der Waals surface area contributed by atoms with E-state index in [-0.39, 0.29) is 0 Å². The molecule has 2 rings (SSSR count). The van der Waals surface area contributed by atoms with E-state index in [1.54, 1.807) is 0 Å². The van der Waals surface area contributed by atoms with E-state index in [0.717, 1.165) is 12.0 Å². The summed E-state index contributed by atoms with van der Waals surface area (Å²) in [5.41, 5.74) is 0. The minimum atomic E-state index is 0.841. The van der Waals surface area contributed by atoms with Crippen molar-refractivity contribution >= 4 is 11.8 Å². The lowest BCUT2D eigenvalue weighted by Crippen LogP contribution is -2.38. The number of hydrogen-bond acceptors (Lipinski definition) is 2. The Kier molecular flexibility index (Phi) is 3.98. The summed E-state index contributed by atoms with van der Waals surface area (Å²) in [6, 6.07) is 0.841.